The summed E-state index contributed by atoms with van der Waals surface area (Å²) in [5.41, 5.74) is 0. The van der Waals surface area contributed by atoms with Crippen LogP contribution in [0.15, 0.2) is 0 Å². The van der Waals surface area contributed by atoms with E-state index in [9.17, 15) is 4.79 Å². The Balaban J connectivity index is 3.73. The summed E-state index contributed by atoms with van der Waals surface area (Å²) < 4.78 is 4.68. The Morgan fingerprint density at radius 3 is 2.69 bits per heavy atom. The van der Waals surface area contributed by atoms with Crippen LogP contribution >= 0.6 is 0 Å². The lowest BCUT2D eigenvalue weighted by Crippen LogP contribution is -2.00. The van der Waals surface area contributed by atoms with Crippen molar-refractivity contribution in [1.82, 2.24) is 0 Å². The first-order valence-corrected chi connectivity index (χ1v) is 4.89. The maximum Gasteiger partial charge on any atom is 0.384 e. The maximum atomic E-state index is 10.8. The molecule has 0 aliphatic carbocycles. The highest BCUT2D eigenvalue weighted by Gasteiger charge is 1.97. The molecule has 0 radical (unpaired) electrons. The highest BCUT2D eigenvalue weighted by molar-refractivity contribution is 5.88. The summed E-state index contributed by atoms with van der Waals surface area (Å²) in [4.78, 5) is 10.8. The van der Waals surface area contributed by atoms with Crippen LogP contribution in [0.25, 0.3) is 0 Å². The van der Waals surface area contributed by atoms with E-state index in [0.29, 0.717) is 12.5 Å². The summed E-state index contributed by atoms with van der Waals surface area (Å²) in [7, 11) is 0. The molecule has 2 nitrogen and oxygen atoms in total. The van der Waals surface area contributed by atoms with Gasteiger partial charge in [0.05, 0.1) is 6.61 Å². The van der Waals surface area contributed by atoms with Gasteiger partial charge in [0, 0.05) is 11.8 Å². The summed E-state index contributed by atoms with van der Waals surface area (Å²) in [6.45, 7) is 6.35. The molecule has 2 heteroatoms. The zero-order valence-electron chi connectivity index (χ0n) is 8.72. The molecule has 0 bridgehead atoms. The summed E-state index contributed by atoms with van der Waals surface area (Å²) in [6.07, 6.45) is 3.40. The van der Waals surface area contributed by atoms with E-state index < -0.39 is 5.97 Å². The minimum Gasteiger partial charge on any atom is -0.456 e. The molecule has 0 aliphatic heterocycles. The molecular weight excluding hydrogens is 164 g/mol. The molecule has 1 atom stereocenters. The molecule has 0 aromatic heterocycles. The van der Waals surface area contributed by atoms with Gasteiger partial charge in [-0.05, 0) is 13.3 Å². The van der Waals surface area contributed by atoms with Gasteiger partial charge in [-0.3, -0.25) is 0 Å². The van der Waals surface area contributed by atoms with Crippen LogP contribution in [0.2, 0.25) is 0 Å². The molecule has 1 unspecified atom stereocenters. The Bertz CT molecular complexity index is 198. The standard InChI is InChI=1S/C11H18O2/c1-4-6-7-10(3)8-9-11(12)13-5-2/h10H,4-7H2,1-3H3. The molecule has 0 saturated carbocycles. The van der Waals surface area contributed by atoms with Crippen molar-refractivity contribution < 1.29 is 9.53 Å². The van der Waals surface area contributed by atoms with Gasteiger partial charge < -0.3 is 4.74 Å². The second-order valence-corrected chi connectivity index (χ2v) is 3.03. The van der Waals surface area contributed by atoms with Crippen molar-refractivity contribution in [2.24, 2.45) is 5.92 Å². The highest BCUT2D eigenvalue weighted by atomic mass is 16.5. The lowest BCUT2D eigenvalue weighted by atomic mass is 10.1. The first-order valence-electron chi connectivity index (χ1n) is 4.89. The number of carbonyl (C=O) groups is 1. The first kappa shape index (κ1) is 12.0. The Morgan fingerprint density at radius 2 is 2.15 bits per heavy atom. The van der Waals surface area contributed by atoms with Crippen molar-refractivity contribution in [3.8, 4) is 11.8 Å². The zero-order valence-corrected chi connectivity index (χ0v) is 8.72. The number of hydrogen-bond donors (Lipinski definition) is 0. The molecule has 0 fully saturated rings. The van der Waals surface area contributed by atoms with Crippen molar-refractivity contribution in [1.29, 1.82) is 0 Å². The Morgan fingerprint density at radius 1 is 1.46 bits per heavy atom. The molecule has 0 aromatic carbocycles. The Kier molecular flexibility index (Phi) is 7.10. The minimum absolute atomic E-state index is 0.296. The van der Waals surface area contributed by atoms with Crippen molar-refractivity contribution in [3.63, 3.8) is 0 Å². The highest BCUT2D eigenvalue weighted by Crippen LogP contribution is 2.05. The minimum atomic E-state index is -0.411. The molecular formula is C11H18O2. The van der Waals surface area contributed by atoms with Crippen LogP contribution in [-0.4, -0.2) is 12.6 Å². The fourth-order valence-corrected chi connectivity index (χ4v) is 0.932. The molecule has 0 aliphatic rings. The van der Waals surface area contributed by atoms with E-state index >= 15 is 0 Å². The van der Waals surface area contributed by atoms with Gasteiger partial charge in [0.25, 0.3) is 0 Å². The van der Waals surface area contributed by atoms with Crippen LogP contribution in [0.4, 0.5) is 0 Å². The summed E-state index contributed by atoms with van der Waals surface area (Å²) in [6, 6.07) is 0. The fraction of sp³-hybridized carbons (Fsp3) is 0.727. The number of ether oxygens (including phenoxy) is 1. The second kappa shape index (κ2) is 7.67. The lowest BCUT2D eigenvalue weighted by molar-refractivity contribution is -0.136. The topological polar surface area (TPSA) is 26.3 Å². The molecule has 0 heterocycles. The van der Waals surface area contributed by atoms with Crippen molar-refractivity contribution in [2.75, 3.05) is 6.61 Å². The van der Waals surface area contributed by atoms with Gasteiger partial charge in [0.1, 0.15) is 0 Å². The van der Waals surface area contributed by atoms with E-state index in [1.807, 2.05) is 6.92 Å². The molecule has 0 saturated heterocycles. The second-order valence-electron chi connectivity index (χ2n) is 3.03. The molecule has 0 aromatic rings. The zero-order chi connectivity index (χ0) is 10.1. The van der Waals surface area contributed by atoms with Gasteiger partial charge in [-0.2, -0.15) is 0 Å². The van der Waals surface area contributed by atoms with E-state index in [1.165, 1.54) is 12.8 Å². The van der Waals surface area contributed by atoms with E-state index in [1.54, 1.807) is 6.92 Å². The average molecular weight is 182 g/mol. The van der Waals surface area contributed by atoms with Gasteiger partial charge in [0.2, 0.25) is 0 Å². The number of unbranched alkanes of at least 4 members (excludes halogenated alkanes) is 1. The lowest BCUT2D eigenvalue weighted by Gasteiger charge is -2.00. The quantitative estimate of drug-likeness (QED) is 0.379. The molecule has 13 heavy (non-hydrogen) atoms. The first-order chi connectivity index (χ1) is 6.20. The van der Waals surface area contributed by atoms with Crippen molar-refractivity contribution >= 4 is 5.97 Å². The summed E-state index contributed by atoms with van der Waals surface area (Å²) in [5, 5.41) is 0. The van der Waals surface area contributed by atoms with Gasteiger partial charge in [0.15, 0.2) is 0 Å². The number of hydrogen-bond acceptors (Lipinski definition) is 2. The normalized spacial score (nSPS) is 11.3. The maximum absolute atomic E-state index is 10.8. The van der Waals surface area contributed by atoms with Crippen LogP contribution in [0, 0.1) is 17.8 Å². The van der Waals surface area contributed by atoms with Crippen LogP contribution in [-0.2, 0) is 9.53 Å². The smallest absolute Gasteiger partial charge is 0.384 e. The molecule has 0 spiro atoms. The van der Waals surface area contributed by atoms with E-state index in [-0.39, 0.29) is 0 Å². The van der Waals surface area contributed by atoms with Gasteiger partial charge in [-0.1, -0.05) is 32.6 Å². The van der Waals surface area contributed by atoms with Crippen LogP contribution in [0.3, 0.4) is 0 Å². The molecule has 0 N–H and O–H groups in total. The average Bonchev–Trinajstić information content (AvgIpc) is 2.12. The van der Waals surface area contributed by atoms with E-state index in [4.69, 9.17) is 0 Å². The number of rotatable bonds is 4. The largest absolute Gasteiger partial charge is 0.456 e. The van der Waals surface area contributed by atoms with Gasteiger partial charge in [-0.25, -0.2) is 4.79 Å². The van der Waals surface area contributed by atoms with Crippen LogP contribution in [0.1, 0.15) is 40.0 Å². The predicted octanol–water partition coefficient (Wildman–Crippen LogP) is 2.38. The van der Waals surface area contributed by atoms with E-state index in [0.717, 1.165) is 6.42 Å². The number of carbonyl (C=O) groups excluding carboxylic acids is 1. The predicted molar refractivity (Wildman–Crippen MR) is 53.1 cm³/mol. The van der Waals surface area contributed by atoms with Crippen LogP contribution < -0.4 is 0 Å². The monoisotopic (exact) mass is 182 g/mol. The van der Waals surface area contributed by atoms with E-state index in [2.05, 4.69) is 23.5 Å². The van der Waals surface area contributed by atoms with Gasteiger partial charge in [-0.15, -0.1) is 0 Å². The van der Waals surface area contributed by atoms with Crippen molar-refractivity contribution in [3.05, 3.63) is 0 Å². The number of esters is 1. The van der Waals surface area contributed by atoms with Gasteiger partial charge >= 0.3 is 5.97 Å². The third-order valence-corrected chi connectivity index (χ3v) is 1.69. The summed E-state index contributed by atoms with van der Waals surface area (Å²) in [5.74, 6) is 5.24. The molecule has 0 amide bonds. The summed E-state index contributed by atoms with van der Waals surface area (Å²) >= 11 is 0. The third kappa shape index (κ3) is 7.39. The fourth-order valence-electron chi connectivity index (χ4n) is 0.932. The Hall–Kier alpha value is -0.970. The van der Waals surface area contributed by atoms with Crippen molar-refractivity contribution in [2.45, 2.75) is 40.0 Å². The molecule has 74 valence electrons. The molecule has 0 rings (SSSR count). The third-order valence-electron chi connectivity index (χ3n) is 1.69. The Labute approximate surface area is 80.7 Å². The SMILES string of the molecule is CCCCC(C)C#CC(=O)OCC. The van der Waals surface area contributed by atoms with Crippen LogP contribution in [0.5, 0.6) is 0 Å².